The highest BCUT2D eigenvalue weighted by Gasteiger charge is 2.18. The van der Waals surface area contributed by atoms with Gasteiger partial charge in [0.1, 0.15) is 0 Å². The van der Waals surface area contributed by atoms with Gasteiger partial charge in [0.25, 0.3) is 0 Å². The van der Waals surface area contributed by atoms with Crippen molar-refractivity contribution in [3.05, 3.63) is 102 Å². The Labute approximate surface area is 200 Å². The third-order valence-electron chi connectivity index (χ3n) is 6.31. The van der Waals surface area contributed by atoms with Crippen molar-refractivity contribution in [2.75, 3.05) is 0 Å². The first-order valence-electron chi connectivity index (χ1n) is 11.5. The quantitative estimate of drug-likeness (QED) is 0.268. The fourth-order valence-electron chi connectivity index (χ4n) is 4.50. The van der Waals surface area contributed by atoms with Crippen molar-refractivity contribution in [3.8, 4) is 32.8 Å². The number of rotatable bonds is 3. The molecule has 3 aromatic carbocycles. The summed E-state index contributed by atoms with van der Waals surface area (Å²) in [5, 5.41) is 1.25. The molecule has 2 heterocycles. The number of thiophene rings is 1. The number of fused-ring (bicyclic) bond motifs is 1. The maximum absolute atomic E-state index is 4.82. The highest BCUT2D eigenvalue weighted by atomic mass is 32.1. The number of hydrogen-bond acceptors (Lipinski definition) is 2. The Kier molecular flexibility index (Phi) is 5.42. The molecule has 2 heteroatoms. The molecule has 0 radical (unpaired) electrons. The Morgan fingerprint density at radius 3 is 2.06 bits per heavy atom. The predicted molar refractivity (Wildman–Crippen MR) is 144 cm³/mol. The van der Waals surface area contributed by atoms with Crippen LogP contribution in [0.15, 0.2) is 85.1 Å². The van der Waals surface area contributed by atoms with E-state index in [4.69, 9.17) is 4.98 Å². The van der Waals surface area contributed by atoms with Gasteiger partial charge in [-0.3, -0.25) is 4.98 Å². The van der Waals surface area contributed by atoms with E-state index >= 15 is 0 Å². The van der Waals surface area contributed by atoms with Crippen LogP contribution in [0.2, 0.25) is 0 Å². The molecule has 0 amide bonds. The number of aromatic nitrogens is 1. The number of aryl methyl sites for hydroxylation is 2. The van der Waals surface area contributed by atoms with Crippen LogP contribution in [0.5, 0.6) is 0 Å². The van der Waals surface area contributed by atoms with Crippen molar-refractivity contribution in [2.45, 2.75) is 40.0 Å². The van der Waals surface area contributed by atoms with Crippen molar-refractivity contribution in [1.82, 2.24) is 4.98 Å². The van der Waals surface area contributed by atoms with Crippen LogP contribution in [0.3, 0.4) is 0 Å². The van der Waals surface area contributed by atoms with Gasteiger partial charge in [-0.1, -0.05) is 81.4 Å². The molecular formula is C31H29NS. The zero-order valence-electron chi connectivity index (χ0n) is 19.9. The third kappa shape index (κ3) is 4.24. The topological polar surface area (TPSA) is 12.9 Å². The van der Waals surface area contributed by atoms with Crippen LogP contribution in [-0.4, -0.2) is 4.98 Å². The molecule has 0 N–H and O–H groups in total. The first-order valence-corrected chi connectivity index (χ1v) is 12.3. The SMILES string of the molecule is Cc1cc(C(C)(C)C)cc(C)c1-c1cc2cc(-c3cccc(-c4ccccc4)c3)ncc2s1. The van der Waals surface area contributed by atoms with Crippen LogP contribution in [0.1, 0.15) is 37.5 Å². The average Bonchev–Trinajstić information content (AvgIpc) is 3.21. The lowest BCUT2D eigenvalue weighted by Gasteiger charge is -2.22. The molecule has 5 rings (SSSR count). The lowest BCUT2D eigenvalue weighted by atomic mass is 9.83. The van der Waals surface area contributed by atoms with Gasteiger partial charge in [-0.05, 0) is 76.2 Å². The minimum atomic E-state index is 0.154. The van der Waals surface area contributed by atoms with Gasteiger partial charge in [0, 0.05) is 16.6 Å². The van der Waals surface area contributed by atoms with Crippen molar-refractivity contribution < 1.29 is 0 Å². The average molecular weight is 448 g/mol. The standard InChI is InChI=1S/C31H29NS/c1-20-14-26(31(3,4)5)15-21(2)30(20)28-18-25-17-27(32-19-29(25)33-28)24-13-9-12-23(16-24)22-10-7-6-8-11-22/h6-19H,1-5H3. The Balaban J connectivity index is 1.55. The molecule has 0 saturated heterocycles. The second kappa shape index (κ2) is 8.28. The molecule has 0 unspecified atom stereocenters. The summed E-state index contributed by atoms with van der Waals surface area (Å²) in [5.74, 6) is 0. The third-order valence-corrected chi connectivity index (χ3v) is 7.42. The summed E-state index contributed by atoms with van der Waals surface area (Å²) in [6, 6.07) is 28.4. The Hall–Kier alpha value is -3.23. The summed E-state index contributed by atoms with van der Waals surface area (Å²) in [5.41, 5.74) is 10.2. The molecule has 33 heavy (non-hydrogen) atoms. The Morgan fingerprint density at radius 1 is 0.697 bits per heavy atom. The molecule has 0 spiro atoms. The van der Waals surface area contributed by atoms with E-state index in [1.165, 1.54) is 48.3 Å². The van der Waals surface area contributed by atoms with Crippen LogP contribution in [0.4, 0.5) is 0 Å². The van der Waals surface area contributed by atoms with Gasteiger partial charge in [0.15, 0.2) is 0 Å². The van der Waals surface area contributed by atoms with Crippen LogP contribution in [-0.2, 0) is 5.41 Å². The summed E-state index contributed by atoms with van der Waals surface area (Å²) in [7, 11) is 0. The highest BCUT2D eigenvalue weighted by molar-refractivity contribution is 7.22. The summed E-state index contributed by atoms with van der Waals surface area (Å²) >= 11 is 1.83. The first-order chi connectivity index (χ1) is 15.8. The van der Waals surface area contributed by atoms with Gasteiger partial charge in [-0.2, -0.15) is 0 Å². The van der Waals surface area contributed by atoms with E-state index in [0.717, 1.165) is 11.3 Å². The number of benzene rings is 3. The number of nitrogens with zero attached hydrogens (tertiary/aromatic N) is 1. The molecule has 1 nitrogen and oxygen atoms in total. The fraction of sp³-hybridized carbons (Fsp3) is 0.194. The summed E-state index contributed by atoms with van der Waals surface area (Å²) in [4.78, 5) is 6.14. The smallest absolute Gasteiger partial charge is 0.0709 e. The molecule has 5 aromatic rings. The number of hydrogen-bond donors (Lipinski definition) is 0. The summed E-state index contributed by atoms with van der Waals surface area (Å²) in [6.45, 7) is 11.3. The van der Waals surface area contributed by atoms with Crippen molar-refractivity contribution in [3.63, 3.8) is 0 Å². The van der Waals surface area contributed by atoms with Gasteiger partial charge in [-0.15, -0.1) is 11.3 Å². The van der Waals surface area contributed by atoms with E-state index in [-0.39, 0.29) is 5.41 Å². The summed E-state index contributed by atoms with van der Waals surface area (Å²) in [6.07, 6.45) is 2.03. The Morgan fingerprint density at radius 2 is 1.36 bits per heavy atom. The lowest BCUT2D eigenvalue weighted by molar-refractivity contribution is 0.589. The molecule has 0 aliphatic rings. The van der Waals surface area contributed by atoms with Gasteiger partial charge >= 0.3 is 0 Å². The van der Waals surface area contributed by atoms with E-state index in [1.807, 2.05) is 17.5 Å². The maximum atomic E-state index is 4.82. The molecule has 0 atom stereocenters. The van der Waals surface area contributed by atoms with E-state index in [0.29, 0.717) is 0 Å². The van der Waals surface area contributed by atoms with Gasteiger partial charge in [-0.25, -0.2) is 0 Å². The predicted octanol–water partition coefficient (Wildman–Crippen LogP) is 9.21. The molecule has 2 aromatic heterocycles. The number of pyridine rings is 1. The summed E-state index contributed by atoms with van der Waals surface area (Å²) < 4.78 is 1.23. The molecule has 0 bridgehead atoms. The van der Waals surface area contributed by atoms with E-state index < -0.39 is 0 Å². The van der Waals surface area contributed by atoms with E-state index in [1.54, 1.807) is 0 Å². The largest absolute Gasteiger partial charge is 0.255 e. The molecule has 0 saturated carbocycles. The maximum Gasteiger partial charge on any atom is 0.0709 e. The minimum Gasteiger partial charge on any atom is -0.255 e. The van der Waals surface area contributed by atoms with E-state index in [2.05, 4.69) is 113 Å². The molecule has 0 fully saturated rings. The zero-order chi connectivity index (χ0) is 23.2. The first kappa shape index (κ1) is 21.6. The fourth-order valence-corrected chi connectivity index (χ4v) is 5.69. The second-order valence-electron chi connectivity index (χ2n) is 9.90. The van der Waals surface area contributed by atoms with E-state index in [9.17, 15) is 0 Å². The second-order valence-corrected chi connectivity index (χ2v) is 11.0. The van der Waals surface area contributed by atoms with Crippen LogP contribution >= 0.6 is 11.3 Å². The van der Waals surface area contributed by atoms with Gasteiger partial charge in [0.2, 0.25) is 0 Å². The molecule has 0 aliphatic carbocycles. The van der Waals surface area contributed by atoms with Gasteiger partial charge < -0.3 is 0 Å². The molecular weight excluding hydrogens is 418 g/mol. The molecule has 0 aliphatic heterocycles. The molecule has 164 valence electrons. The minimum absolute atomic E-state index is 0.154. The van der Waals surface area contributed by atoms with Crippen molar-refractivity contribution in [1.29, 1.82) is 0 Å². The lowest BCUT2D eigenvalue weighted by Crippen LogP contribution is -2.11. The van der Waals surface area contributed by atoms with Crippen molar-refractivity contribution in [2.24, 2.45) is 0 Å². The zero-order valence-corrected chi connectivity index (χ0v) is 20.8. The normalized spacial score (nSPS) is 11.8. The van der Waals surface area contributed by atoms with Gasteiger partial charge in [0.05, 0.1) is 10.4 Å². The van der Waals surface area contributed by atoms with Crippen molar-refractivity contribution >= 4 is 21.4 Å². The highest BCUT2D eigenvalue weighted by Crippen LogP contribution is 2.39. The monoisotopic (exact) mass is 447 g/mol. The van der Waals surface area contributed by atoms with Crippen LogP contribution < -0.4 is 0 Å². The van der Waals surface area contributed by atoms with Crippen LogP contribution in [0, 0.1) is 13.8 Å². The Bertz CT molecular complexity index is 1430. The van der Waals surface area contributed by atoms with Crippen LogP contribution in [0.25, 0.3) is 42.9 Å².